The van der Waals surface area contributed by atoms with Gasteiger partial charge in [-0.3, -0.25) is 14.3 Å². The van der Waals surface area contributed by atoms with Crippen molar-refractivity contribution < 1.29 is 27.5 Å². The molecule has 4 aromatic rings. The van der Waals surface area contributed by atoms with Crippen LogP contribution in [0, 0.1) is 0 Å². The highest BCUT2D eigenvalue weighted by Gasteiger charge is 2.53. The summed E-state index contributed by atoms with van der Waals surface area (Å²) in [6.45, 7) is 1.10. The summed E-state index contributed by atoms with van der Waals surface area (Å²) in [5.74, 6) is 0.692. The van der Waals surface area contributed by atoms with E-state index in [-0.39, 0.29) is 28.6 Å². The number of nitrogens with zero attached hydrogens (tertiary/aromatic N) is 2. The fraction of sp³-hybridized carbons (Fsp3) is 0.278. The SMILES string of the molecule is COc1ccc(-c2cccc(C(=O)N(C)C)c2)cc1S(=O)(=O)Nc1cccc(O[C@H]2CCN(C(=O)C3(c4ccccc4)CC3)C2)c1. The highest BCUT2D eigenvalue weighted by Crippen LogP contribution is 2.50. The number of sulfonamides is 1. The standard InChI is InChI=1S/C36H37N3O6S/c1-38(2)34(40)27-10-7-9-25(21-27)26-15-16-32(44-3)33(22-26)46(42,43)37-29-13-8-14-30(23-29)45-31-17-20-39(24-31)35(41)36(18-19-36)28-11-5-4-6-12-28/h4-16,21-23,31,37H,17-20,24H2,1-3H3/t31-/m0/s1. The Hall–Kier alpha value is -4.83. The van der Waals surface area contributed by atoms with Crippen LogP contribution < -0.4 is 14.2 Å². The molecule has 10 heteroatoms. The van der Waals surface area contributed by atoms with Crippen LogP contribution in [-0.2, 0) is 20.2 Å². The number of hydrogen-bond donors (Lipinski definition) is 1. The van der Waals surface area contributed by atoms with Crippen molar-refractivity contribution in [1.29, 1.82) is 0 Å². The Bertz CT molecular complexity index is 1870. The number of likely N-dealkylation sites (tertiary alicyclic amines) is 1. The van der Waals surface area contributed by atoms with Crippen LogP contribution in [0.3, 0.4) is 0 Å². The van der Waals surface area contributed by atoms with Crippen molar-refractivity contribution in [3.63, 3.8) is 0 Å². The van der Waals surface area contributed by atoms with Gasteiger partial charge in [0.25, 0.3) is 15.9 Å². The fourth-order valence-electron chi connectivity index (χ4n) is 6.01. The normalized spacial score (nSPS) is 16.8. The van der Waals surface area contributed by atoms with E-state index in [0.717, 1.165) is 18.4 Å². The van der Waals surface area contributed by atoms with Crippen LogP contribution >= 0.6 is 0 Å². The van der Waals surface area contributed by atoms with Gasteiger partial charge in [-0.15, -0.1) is 0 Å². The third kappa shape index (κ3) is 6.30. The van der Waals surface area contributed by atoms with Crippen LogP contribution in [0.2, 0.25) is 0 Å². The van der Waals surface area contributed by atoms with Crippen LogP contribution in [0.1, 0.15) is 35.2 Å². The van der Waals surface area contributed by atoms with Crippen molar-refractivity contribution in [2.75, 3.05) is 39.0 Å². The van der Waals surface area contributed by atoms with Crippen LogP contribution in [0.15, 0.2) is 102 Å². The second-order valence-electron chi connectivity index (χ2n) is 12.0. The number of carbonyl (C=O) groups is 2. The molecule has 0 unspecified atom stereocenters. The molecule has 9 nitrogen and oxygen atoms in total. The average molecular weight is 640 g/mol. The fourth-order valence-corrected chi connectivity index (χ4v) is 7.26. The molecule has 1 saturated heterocycles. The quantitative estimate of drug-likeness (QED) is 0.243. The zero-order chi connectivity index (χ0) is 32.5. The number of amides is 2. The van der Waals surface area contributed by atoms with Crippen molar-refractivity contribution in [3.05, 3.63) is 108 Å². The first-order valence-electron chi connectivity index (χ1n) is 15.2. The third-order valence-electron chi connectivity index (χ3n) is 8.61. The summed E-state index contributed by atoms with van der Waals surface area (Å²) >= 11 is 0. The van der Waals surface area contributed by atoms with E-state index in [2.05, 4.69) is 4.72 Å². The molecule has 1 N–H and O–H groups in total. The molecule has 0 aromatic heterocycles. The van der Waals surface area contributed by atoms with Gasteiger partial charge in [0.2, 0.25) is 5.91 Å². The van der Waals surface area contributed by atoms with Crippen molar-refractivity contribution in [2.24, 2.45) is 0 Å². The lowest BCUT2D eigenvalue weighted by Gasteiger charge is -2.23. The summed E-state index contributed by atoms with van der Waals surface area (Å²) in [6.07, 6.45) is 2.21. The summed E-state index contributed by atoms with van der Waals surface area (Å²) in [5, 5.41) is 0. The molecule has 0 radical (unpaired) electrons. The lowest BCUT2D eigenvalue weighted by molar-refractivity contribution is -0.133. The maximum atomic E-state index is 13.7. The maximum Gasteiger partial charge on any atom is 0.265 e. The molecule has 46 heavy (non-hydrogen) atoms. The molecular formula is C36H37N3O6S. The van der Waals surface area contributed by atoms with E-state index < -0.39 is 15.4 Å². The van der Waals surface area contributed by atoms with Gasteiger partial charge >= 0.3 is 0 Å². The summed E-state index contributed by atoms with van der Waals surface area (Å²) in [6, 6.07) is 28.7. The summed E-state index contributed by atoms with van der Waals surface area (Å²) in [7, 11) is 0.689. The number of methoxy groups -OCH3 is 1. The molecule has 1 saturated carbocycles. The Labute approximate surface area is 269 Å². The van der Waals surface area contributed by atoms with Crippen molar-refractivity contribution in [2.45, 2.75) is 35.7 Å². The zero-order valence-electron chi connectivity index (χ0n) is 26.1. The van der Waals surface area contributed by atoms with Gasteiger partial charge in [-0.05, 0) is 65.9 Å². The zero-order valence-corrected chi connectivity index (χ0v) is 26.9. The number of ether oxygens (including phenoxy) is 2. The molecule has 2 aliphatic rings. The Morgan fingerprint density at radius 2 is 1.63 bits per heavy atom. The number of hydrogen-bond acceptors (Lipinski definition) is 6. The van der Waals surface area contributed by atoms with Gasteiger partial charge in [-0.1, -0.05) is 54.6 Å². The average Bonchev–Trinajstić information content (AvgIpc) is 3.76. The third-order valence-corrected chi connectivity index (χ3v) is 10.0. The van der Waals surface area contributed by atoms with Gasteiger partial charge in [0.15, 0.2) is 0 Å². The molecule has 0 spiro atoms. The van der Waals surface area contributed by atoms with Crippen LogP contribution in [0.25, 0.3) is 11.1 Å². The minimum absolute atomic E-state index is 0.0412. The molecule has 1 aliphatic carbocycles. The van der Waals surface area contributed by atoms with Gasteiger partial charge in [0.05, 0.1) is 24.8 Å². The molecule has 238 valence electrons. The second kappa shape index (κ2) is 12.5. The van der Waals surface area contributed by atoms with E-state index >= 15 is 0 Å². The van der Waals surface area contributed by atoms with Crippen molar-refractivity contribution in [1.82, 2.24) is 9.80 Å². The van der Waals surface area contributed by atoms with E-state index in [1.165, 1.54) is 18.1 Å². The molecule has 4 aromatic carbocycles. The highest BCUT2D eigenvalue weighted by molar-refractivity contribution is 7.92. The molecule has 2 fully saturated rings. The molecule has 1 atom stereocenters. The van der Waals surface area contributed by atoms with E-state index in [1.54, 1.807) is 68.7 Å². The molecule has 0 bridgehead atoms. The molecule has 2 amide bonds. The van der Waals surface area contributed by atoms with Crippen molar-refractivity contribution >= 4 is 27.5 Å². The van der Waals surface area contributed by atoms with Gasteiger partial charge in [0, 0.05) is 38.7 Å². The van der Waals surface area contributed by atoms with E-state index in [4.69, 9.17) is 9.47 Å². The minimum atomic E-state index is -4.08. The lowest BCUT2D eigenvalue weighted by Crippen LogP contribution is -2.38. The first-order valence-corrected chi connectivity index (χ1v) is 16.7. The first-order chi connectivity index (χ1) is 22.1. The van der Waals surface area contributed by atoms with E-state index in [1.807, 2.05) is 41.3 Å². The topological polar surface area (TPSA) is 105 Å². The predicted molar refractivity (Wildman–Crippen MR) is 177 cm³/mol. The Kier molecular flexibility index (Phi) is 8.48. The molecule has 1 aliphatic heterocycles. The number of nitrogens with one attached hydrogen (secondary N) is 1. The van der Waals surface area contributed by atoms with Gasteiger partial charge in [-0.2, -0.15) is 0 Å². The highest BCUT2D eigenvalue weighted by atomic mass is 32.2. The van der Waals surface area contributed by atoms with Crippen LogP contribution in [0.5, 0.6) is 11.5 Å². The molecular weight excluding hydrogens is 602 g/mol. The summed E-state index contributed by atoms with van der Waals surface area (Å²) < 4.78 is 41.7. The van der Waals surface area contributed by atoms with Crippen LogP contribution in [-0.4, -0.2) is 70.4 Å². The molecule has 6 rings (SSSR count). The monoisotopic (exact) mass is 639 g/mol. The number of anilines is 1. The predicted octanol–water partition coefficient (Wildman–Crippen LogP) is 5.58. The number of rotatable bonds is 10. The largest absolute Gasteiger partial charge is 0.495 e. The summed E-state index contributed by atoms with van der Waals surface area (Å²) in [4.78, 5) is 29.3. The lowest BCUT2D eigenvalue weighted by atomic mass is 9.94. The Morgan fingerprint density at radius 1 is 0.891 bits per heavy atom. The smallest absolute Gasteiger partial charge is 0.265 e. The van der Waals surface area contributed by atoms with Crippen LogP contribution in [0.4, 0.5) is 5.69 Å². The maximum absolute atomic E-state index is 13.7. The minimum Gasteiger partial charge on any atom is -0.495 e. The molecule has 1 heterocycles. The number of carbonyl (C=O) groups excluding carboxylic acids is 2. The first kappa shape index (κ1) is 31.2. The van der Waals surface area contributed by atoms with Gasteiger partial charge < -0.3 is 19.3 Å². The van der Waals surface area contributed by atoms with Crippen molar-refractivity contribution in [3.8, 4) is 22.6 Å². The second-order valence-corrected chi connectivity index (χ2v) is 13.7. The Balaban J connectivity index is 1.16. The van der Waals surface area contributed by atoms with E-state index in [9.17, 15) is 18.0 Å². The van der Waals surface area contributed by atoms with Gasteiger partial charge in [0.1, 0.15) is 22.5 Å². The van der Waals surface area contributed by atoms with E-state index in [0.29, 0.717) is 47.6 Å². The van der Waals surface area contributed by atoms with Gasteiger partial charge in [-0.25, -0.2) is 8.42 Å². The number of benzene rings is 4. The summed E-state index contributed by atoms with van der Waals surface area (Å²) in [5.41, 5.74) is 2.79. The Morgan fingerprint density at radius 3 is 2.35 bits per heavy atom.